The molecule has 0 aliphatic heterocycles. The molecule has 0 bridgehead atoms. The number of hydrogen-bond donors (Lipinski definition) is 1. The van der Waals surface area contributed by atoms with Gasteiger partial charge in [0, 0.05) is 5.02 Å². The number of rotatable bonds is 4. The predicted octanol–water partition coefficient (Wildman–Crippen LogP) is 2.36. The zero-order valence-corrected chi connectivity index (χ0v) is 10.5. The van der Waals surface area contributed by atoms with E-state index in [-0.39, 0.29) is 10.8 Å². The summed E-state index contributed by atoms with van der Waals surface area (Å²) in [4.78, 5) is 10.1. The molecule has 1 aromatic carbocycles. The Morgan fingerprint density at radius 2 is 2.06 bits per heavy atom. The van der Waals surface area contributed by atoms with Crippen molar-refractivity contribution in [3.8, 4) is 0 Å². The Kier molecular flexibility index (Phi) is 4.11. The average molecular weight is 281 g/mol. The number of carboxylic acids is 1. The molecule has 17 heavy (non-hydrogen) atoms. The largest absolute Gasteiger partial charge is 0.478 e. The topological polar surface area (TPSA) is 71.4 Å². The number of carboxylic acid groups (broad SMARTS) is 1. The average Bonchev–Trinajstić information content (AvgIpc) is 2.20. The van der Waals surface area contributed by atoms with Crippen molar-refractivity contribution in [1.82, 2.24) is 0 Å². The van der Waals surface area contributed by atoms with Crippen molar-refractivity contribution in [2.75, 3.05) is 5.75 Å². The Balaban J connectivity index is 3.50. The third-order valence-corrected chi connectivity index (χ3v) is 4.17. The van der Waals surface area contributed by atoms with Gasteiger partial charge in [-0.1, -0.05) is 18.5 Å². The van der Waals surface area contributed by atoms with Crippen LogP contribution < -0.4 is 0 Å². The lowest BCUT2D eigenvalue weighted by Crippen LogP contribution is -2.12. The molecule has 0 saturated heterocycles. The normalized spacial score (nSPS) is 11.5. The van der Waals surface area contributed by atoms with Gasteiger partial charge in [-0.15, -0.1) is 0 Å². The highest BCUT2D eigenvalue weighted by Crippen LogP contribution is 2.25. The Morgan fingerprint density at radius 1 is 1.47 bits per heavy atom. The molecule has 1 N–H and O–H groups in total. The third kappa shape index (κ3) is 2.95. The van der Waals surface area contributed by atoms with Crippen LogP contribution in [-0.4, -0.2) is 25.2 Å². The first-order valence-electron chi connectivity index (χ1n) is 4.74. The lowest BCUT2D eigenvalue weighted by molar-refractivity contribution is 0.0691. The summed E-state index contributed by atoms with van der Waals surface area (Å²) in [5.41, 5.74) is -0.743. The van der Waals surface area contributed by atoms with E-state index in [9.17, 15) is 17.6 Å². The zero-order chi connectivity index (χ0) is 13.2. The van der Waals surface area contributed by atoms with Crippen molar-refractivity contribution in [3.63, 3.8) is 0 Å². The van der Waals surface area contributed by atoms with Gasteiger partial charge in [0.25, 0.3) is 0 Å². The van der Waals surface area contributed by atoms with Crippen LogP contribution in [0.1, 0.15) is 23.7 Å². The summed E-state index contributed by atoms with van der Waals surface area (Å²) in [6, 6.07) is 1.80. The molecule has 1 rings (SSSR count). The monoisotopic (exact) mass is 280 g/mol. The molecular weight excluding hydrogens is 271 g/mol. The minimum atomic E-state index is -3.84. The predicted molar refractivity (Wildman–Crippen MR) is 60.7 cm³/mol. The minimum Gasteiger partial charge on any atom is -0.478 e. The van der Waals surface area contributed by atoms with E-state index < -0.39 is 32.1 Å². The highest BCUT2D eigenvalue weighted by molar-refractivity contribution is 7.91. The van der Waals surface area contributed by atoms with Gasteiger partial charge < -0.3 is 5.11 Å². The Labute approximate surface area is 103 Å². The lowest BCUT2D eigenvalue weighted by atomic mass is 10.2. The molecule has 0 radical (unpaired) electrons. The molecule has 4 nitrogen and oxygen atoms in total. The van der Waals surface area contributed by atoms with Crippen LogP contribution in [-0.2, 0) is 9.84 Å². The van der Waals surface area contributed by atoms with Gasteiger partial charge in [0.1, 0.15) is 4.90 Å². The Hall–Kier alpha value is -1.14. The Morgan fingerprint density at radius 3 is 2.53 bits per heavy atom. The molecule has 0 saturated carbocycles. The molecule has 0 aliphatic carbocycles. The number of carbonyl (C=O) groups is 1. The molecule has 0 heterocycles. The van der Waals surface area contributed by atoms with Gasteiger partial charge in [-0.3, -0.25) is 0 Å². The molecule has 0 amide bonds. The van der Waals surface area contributed by atoms with Crippen molar-refractivity contribution in [3.05, 3.63) is 28.5 Å². The first-order chi connectivity index (χ1) is 7.79. The van der Waals surface area contributed by atoms with Crippen molar-refractivity contribution < 1.29 is 22.7 Å². The van der Waals surface area contributed by atoms with Crippen molar-refractivity contribution in [2.24, 2.45) is 0 Å². The van der Waals surface area contributed by atoms with E-state index in [1.165, 1.54) is 0 Å². The van der Waals surface area contributed by atoms with Crippen LogP contribution >= 0.6 is 11.6 Å². The summed E-state index contributed by atoms with van der Waals surface area (Å²) in [6.07, 6.45) is 0.302. The molecule has 94 valence electrons. The van der Waals surface area contributed by atoms with Gasteiger partial charge in [0.05, 0.1) is 11.3 Å². The van der Waals surface area contributed by atoms with Gasteiger partial charge in [0.15, 0.2) is 15.7 Å². The van der Waals surface area contributed by atoms with Gasteiger partial charge in [-0.05, 0) is 18.6 Å². The van der Waals surface area contributed by atoms with Crippen LogP contribution in [0.25, 0.3) is 0 Å². The number of benzene rings is 1. The van der Waals surface area contributed by atoms with E-state index in [1.54, 1.807) is 6.92 Å². The van der Waals surface area contributed by atoms with Crippen LogP contribution in [0.2, 0.25) is 5.02 Å². The van der Waals surface area contributed by atoms with Crippen LogP contribution in [0.15, 0.2) is 17.0 Å². The summed E-state index contributed by atoms with van der Waals surface area (Å²) in [7, 11) is -3.84. The molecule has 0 atom stereocenters. The summed E-state index contributed by atoms with van der Waals surface area (Å²) in [5.74, 6) is -3.09. The van der Waals surface area contributed by atoms with Gasteiger partial charge >= 0.3 is 5.97 Å². The maximum Gasteiger partial charge on any atom is 0.338 e. The summed E-state index contributed by atoms with van der Waals surface area (Å²) >= 11 is 5.58. The molecule has 0 aliphatic rings. The quantitative estimate of drug-likeness (QED) is 0.919. The van der Waals surface area contributed by atoms with Crippen LogP contribution in [0.4, 0.5) is 4.39 Å². The second kappa shape index (κ2) is 5.01. The fraction of sp³-hybridized carbons (Fsp3) is 0.300. The van der Waals surface area contributed by atoms with E-state index >= 15 is 0 Å². The maximum atomic E-state index is 13.7. The second-order valence-electron chi connectivity index (χ2n) is 3.39. The number of halogens is 2. The number of aromatic carboxylic acids is 1. The van der Waals surface area contributed by atoms with Gasteiger partial charge in [0.2, 0.25) is 0 Å². The summed E-state index contributed by atoms with van der Waals surface area (Å²) in [6.45, 7) is 1.62. The van der Waals surface area contributed by atoms with E-state index in [4.69, 9.17) is 16.7 Å². The fourth-order valence-corrected chi connectivity index (χ4v) is 3.05. The molecular formula is C10H10ClFO4S. The van der Waals surface area contributed by atoms with E-state index in [2.05, 4.69) is 0 Å². The second-order valence-corrected chi connectivity index (χ2v) is 5.90. The van der Waals surface area contributed by atoms with Crippen molar-refractivity contribution >= 4 is 27.4 Å². The summed E-state index contributed by atoms with van der Waals surface area (Å²) in [5, 5.41) is 8.59. The molecule has 0 spiro atoms. The summed E-state index contributed by atoms with van der Waals surface area (Å²) < 4.78 is 37.1. The molecule has 0 unspecified atom stereocenters. The first-order valence-corrected chi connectivity index (χ1v) is 6.77. The fourth-order valence-electron chi connectivity index (χ4n) is 1.32. The zero-order valence-electron chi connectivity index (χ0n) is 8.91. The van der Waals surface area contributed by atoms with E-state index in [1.807, 2.05) is 0 Å². The van der Waals surface area contributed by atoms with Gasteiger partial charge in [-0.2, -0.15) is 0 Å². The first kappa shape index (κ1) is 13.9. The minimum absolute atomic E-state index is 0.126. The van der Waals surface area contributed by atoms with Crippen LogP contribution in [0.3, 0.4) is 0 Å². The van der Waals surface area contributed by atoms with Crippen LogP contribution in [0, 0.1) is 5.82 Å². The van der Waals surface area contributed by atoms with E-state index in [0.717, 1.165) is 12.1 Å². The van der Waals surface area contributed by atoms with Crippen molar-refractivity contribution in [1.29, 1.82) is 0 Å². The molecule has 1 aromatic rings. The third-order valence-electron chi connectivity index (χ3n) is 2.04. The SMILES string of the molecule is CCCS(=O)(=O)c1cc(Cl)cc(C(=O)O)c1F. The van der Waals surface area contributed by atoms with Crippen LogP contribution in [0.5, 0.6) is 0 Å². The smallest absolute Gasteiger partial charge is 0.338 e. The maximum absolute atomic E-state index is 13.7. The van der Waals surface area contributed by atoms with Crippen molar-refractivity contribution in [2.45, 2.75) is 18.2 Å². The standard InChI is InChI=1S/C10H10ClFO4S/c1-2-3-17(15,16)8-5-6(11)4-7(9(8)12)10(13)14/h4-5H,2-3H2,1H3,(H,13,14). The molecule has 7 heteroatoms. The highest BCUT2D eigenvalue weighted by atomic mass is 35.5. The molecule has 0 aromatic heterocycles. The van der Waals surface area contributed by atoms with E-state index in [0.29, 0.717) is 6.42 Å². The lowest BCUT2D eigenvalue weighted by Gasteiger charge is -2.07. The van der Waals surface area contributed by atoms with Gasteiger partial charge in [-0.25, -0.2) is 17.6 Å². The molecule has 0 fully saturated rings. The Bertz CT molecular complexity index is 554. The number of hydrogen-bond acceptors (Lipinski definition) is 3. The number of sulfone groups is 1. The highest BCUT2D eigenvalue weighted by Gasteiger charge is 2.24.